The number of alkyl halides is 4. The Kier molecular flexibility index (Phi) is 7.70. The van der Waals surface area contributed by atoms with E-state index in [1.54, 1.807) is 0 Å². The van der Waals surface area contributed by atoms with E-state index >= 15 is 0 Å². The van der Waals surface area contributed by atoms with Gasteiger partial charge in [0, 0.05) is 45.1 Å². The number of aromatic nitrogens is 2. The van der Waals surface area contributed by atoms with Crippen molar-refractivity contribution in [1.29, 1.82) is 0 Å². The van der Waals surface area contributed by atoms with E-state index in [-0.39, 0.29) is 50.9 Å². The normalized spacial score (nSPS) is 22.1. The molecule has 0 aliphatic carbocycles. The summed E-state index contributed by atoms with van der Waals surface area (Å²) in [5.41, 5.74) is -1.59. The van der Waals surface area contributed by atoms with E-state index in [4.69, 9.17) is 14.7 Å². The summed E-state index contributed by atoms with van der Waals surface area (Å²) in [5, 5.41) is 9.12. The van der Waals surface area contributed by atoms with Crippen LogP contribution in [0.1, 0.15) is 44.2 Å². The second-order valence-corrected chi connectivity index (χ2v) is 10.7. The third-order valence-electron chi connectivity index (χ3n) is 6.25. The van der Waals surface area contributed by atoms with Crippen LogP contribution < -0.4 is 10.2 Å². The quantitative estimate of drug-likeness (QED) is 0.320. The maximum Gasteiger partial charge on any atom is 0.425 e. The molecule has 0 bridgehead atoms. The number of sulfonamides is 1. The molecule has 15 heteroatoms. The summed E-state index contributed by atoms with van der Waals surface area (Å²) < 4.78 is 87.4. The van der Waals surface area contributed by atoms with Crippen molar-refractivity contribution < 1.29 is 45.5 Å². The average Bonchev–Trinajstić information content (AvgIpc) is 2.82. The van der Waals surface area contributed by atoms with Gasteiger partial charge >= 0.3 is 6.18 Å². The minimum Gasteiger partial charge on any atom is -0.473 e. The molecule has 2 aliphatic rings. The number of nitrogens with zero attached hydrogens (tertiary/aromatic N) is 3. The van der Waals surface area contributed by atoms with Gasteiger partial charge in [0.2, 0.25) is 21.6 Å². The van der Waals surface area contributed by atoms with Gasteiger partial charge in [-0.25, -0.2) is 27.6 Å². The highest BCUT2D eigenvalue weighted by molar-refractivity contribution is 7.91. The molecular formula is C19H26F4N4O6S. The Labute approximate surface area is 193 Å². The Balaban J connectivity index is 1.63. The summed E-state index contributed by atoms with van der Waals surface area (Å²) in [4.78, 5) is 20.3. The Hall–Kier alpha value is -2.10. The first-order chi connectivity index (χ1) is 15.8. The fourth-order valence-corrected chi connectivity index (χ4v) is 6.10. The summed E-state index contributed by atoms with van der Waals surface area (Å²) in [7, 11) is -4.11. The lowest BCUT2D eigenvalue weighted by atomic mass is 9.95. The summed E-state index contributed by atoms with van der Waals surface area (Å²) in [6, 6.07) is 0. The fourth-order valence-electron chi connectivity index (χ4n) is 3.95. The van der Waals surface area contributed by atoms with Gasteiger partial charge in [-0.05, 0) is 19.8 Å². The second kappa shape index (κ2) is 9.87. The highest BCUT2D eigenvalue weighted by Crippen LogP contribution is 2.37. The molecule has 2 fully saturated rings. The molecule has 3 heterocycles. The van der Waals surface area contributed by atoms with Gasteiger partial charge in [0.25, 0.3) is 5.91 Å². The number of nitrogens with one attached hydrogen (secondary N) is 1. The van der Waals surface area contributed by atoms with Crippen LogP contribution in [0.2, 0.25) is 0 Å². The number of piperidine rings is 1. The first-order valence-electron chi connectivity index (χ1n) is 10.6. The first kappa shape index (κ1) is 26.5. The molecule has 1 atom stereocenters. The largest absolute Gasteiger partial charge is 0.473 e. The van der Waals surface area contributed by atoms with Crippen molar-refractivity contribution in [3.63, 3.8) is 0 Å². The number of ether oxygens (including phenoxy) is 2. The maximum absolute atomic E-state index is 13.6. The van der Waals surface area contributed by atoms with Gasteiger partial charge in [-0.2, -0.15) is 13.2 Å². The molecule has 1 aromatic rings. The number of carbonyl (C=O) groups is 1. The van der Waals surface area contributed by atoms with E-state index in [1.807, 2.05) is 0 Å². The zero-order valence-electron chi connectivity index (χ0n) is 18.3. The van der Waals surface area contributed by atoms with Crippen molar-refractivity contribution in [3.8, 4) is 5.88 Å². The van der Waals surface area contributed by atoms with Crippen molar-refractivity contribution in [3.05, 3.63) is 18.1 Å². The molecule has 1 aromatic heterocycles. The van der Waals surface area contributed by atoms with Crippen molar-refractivity contribution >= 4 is 15.9 Å². The maximum atomic E-state index is 13.6. The molecule has 10 nitrogen and oxygen atoms in total. The van der Waals surface area contributed by atoms with E-state index in [1.165, 1.54) is 16.0 Å². The molecule has 0 saturated carbocycles. The van der Waals surface area contributed by atoms with Crippen molar-refractivity contribution in [1.82, 2.24) is 19.8 Å². The summed E-state index contributed by atoms with van der Waals surface area (Å²) in [6.45, 7) is -0.574. The second-order valence-electron chi connectivity index (χ2n) is 8.49. The molecule has 2 saturated heterocycles. The molecule has 3 rings (SSSR count). The topological polar surface area (TPSA) is 131 Å². The number of halogens is 4. The molecule has 0 radical (unpaired) electrons. The van der Waals surface area contributed by atoms with Crippen LogP contribution in [0.3, 0.4) is 0 Å². The Bertz CT molecular complexity index is 960. The zero-order chi connectivity index (χ0) is 25.2. The molecular weight excluding hydrogens is 488 g/mol. The number of carbonyl (C=O) groups excluding carboxylic acids is 1. The van der Waals surface area contributed by atoms with Crippen molar-refractivity contribution in [2.45, 2.75) is 55.1 Å². The third kappa shape index (κ3) is 5.11. The van der Waals surface area contributed by atoms with E-state index in [2.05, 4.69) is 9.97 Å². The van der Waals surface area contributed by atoms with Crippen LogP contribution in [0.25, 0.3) is 0 Å². The Morgan fingerprint density at radius 3 is 2.35 bits per heavy atom. The predicted octanol–water partition coefficient (Wildman–Crippen LogP) is 1.71. The lowest BCUT2D eigenvalue weighted by molar-refractivity contribution is -0.231. The van der Waals surface area contributed by atoms with Crippen molar-refractivity contribution in [2.24, 2.45) is 0 Å². The van der Waals surface area contributed by atoms with Gasteiger partial charge < -0.3 is 9.47 Å². The minimum absolute atomic E-state index is 0.0671. The molecule has 2 aliphatic heterocycles. The highest BCUT2D eigenvalue weighted by Gasteiger charge is 2.55. The Morgan fingerprint density at radius 1 is 1.24 bits per heavy atom. The van der Waals surface area contributed by atoms with Gasteiger partial charge in [0.05, 0.1) is 18.1 Å². The Morgan fingerprint density at radius 2 is 1.85 bits per heavy atom. The lowest BCUT2D eigenvalue weighted by Gasteiger charge is -2.40. The van der Waals surface area contributed by atoms with Crippen LogP contribution in [0, 0.1) is 0 Å². The molecule has 192 valence electrons. The summed E-state index contributed by atoms with van der Waals surface area (Å²) in [6.07, 6.45) is -2.15. The molecule has 2 N–H and O–H groups in total. The van der Waals surface area contributed by atoms with Crippen LogP contribution in [-0.4, -0.2) is 83.3 Å². The molecule has 1 amide bonds. The SMILES string of the molecule is CC(F)(COc1cnc(C2CCN(S(=O)(=O)C3(C(=O)NO)CCOCC3)CC2)cn1)C(F)(F)F. The van der Waals surface area contributed by atoms with Gasteiger partial charge in [-0.1, -0.05) is 0 Å². The number of hydrogen-bond donors (Lipinski definition) is 2. The van der Waals surface area contributed by atoms with Gasteiger partial charge in [-0.15, -0.1) is 0 Å². The zero-order valence-corrected chi connectivity index (χ0v) is 19.2. The van der Waals surface area contributed by atoms with Crippen LogP contribution >= 0.6 is 0 Å². The standard InChI is InChI=1S/C19H26F4N4O6S/c1-17(20,19(21,22)23)12-33-15-11-24-14(10-25-15)13-2-6-27(7-3-13)34(30,31)18(16(28)26-29)4-8-32-9-5-18/h10-11,13,29H,2-9,12H2,1H3,(H,26,28). The van der Waals surface area contributed by atoms with Crippen LogP contribution in [0.5, 0.6) is 5.88 Å². The lowest BCUT2D eigenvalue weighted by Crippen LogP contribution is -2.60. The monoisotopic (exact) mass is 514 g/mol. The number of hydroxylamine groups is 1. The number of rotatable bonds is 7. The molecule has 0 aromatic carbocycles. The van der Waals surface area contributed by atoms with Crippen LogP contribution in [-0.2, 0) is 19.6 Å². The average molecular weight is 514 g/mol. The van der Waals surface area contributed by atoms with Crippen molar-refractivity contribution in [2.75, 3.05) is 32.9 Å². The summed E-state index contributed by atoms with van der Waals surface area (Å²) >= 11 is 0. The minimum atomic E-state index is -5.09. The van der Waals surface area contributed by atoms with Gasteiger partial charge in [0.15, 0.2) is 4.75 Å². The van der Waals surface area contributed by atoms with E-state index in [9.17, 15) is 30.8 Å². The van der Waals surface area contributed by atoms with Crippen LogP contribution in [0.4, 0.5) is 17.6 Å². The first-order valence-corrected chi connectivity index (χ1v) is 12.0. The number of amides is 1. The van der Waals surface area contributed by atoms with E-state index < -0.39 is 39.1 Å². The van der Waals surface area contributed by atoms with E-state index in [0.717, 1.165) is 6.20 Å². The fraction of sp³-hybridized carbons (Fsp3) is 0.737. The molecule has 1 unspecified atom stereocenters. The number of hydrogen-bond acceptors (Lipinski definition) is 8. The van der Waals surface area contributed by atoms with Crippen LogP contribution in [0.15, 0.2) is 12.4 Å². The summed E-state index contributed by atoms with van der Waals surface area (Å²) in [5.74, 6) is -1.45. The smallest absolute Gasteiger partial charge is 0.425 e. The highest BCUT2D eigenvalue weighted by atomic mass is 32.2. The molecule has 34 heavy (non-hydrogen) atoms. The predicted molar refractivity (Wildman–Crippen MR) is 108 cm³/mol. The molecule has 0 spiro atoms. The van der Waals surface area contributed by atoms with Gasteiger partial charge in [0.1, 0.15) is 6.61 Å². The third-order valence-corrected chi connectivity index (χ3v) is 8.88. The van der Waals surface area contributed by atoms with Gasteiger partial charge in [-0.3, -0.25) is 15.0 Å². The van der Waals surface area contributed by atoms with E-state index in [0.29, 0.717) is 25.5 Å².